The van der Waals surface area contributed by atoms with Crippen LogP contribution in [-0.2, 0) is 15.9 Å². The summed E-state index contributed by atoms with van der Waals surface area (Å²) in [5, 5.41) is 0. The van der Waals surface area contributed by atoms with E-state index in [9.17, 15) is 8.42 Å². The smallest absolute Gasteiger partial charge is 0.313 e. The quantitative estimate of drug-likeness (QED) is 0.805. The largest absolute Gasteiger partial charge is 0.382 e. The van der Waals surface area contributed by atoms with Crippen LogP contribution in [0.15, 0.2) is 48.5 Å². The summed E-state index contributed by atoms with van der Waals surface area (Å²) < 4.78 is 29.0. The normalized spacial score (nSPS) is 11.3. The Bertz CT molecular complexity index is 661. The van der Waals surface area contributed by atoms with E-state index in [1.165, 1.54) is 0 Å². The molecule has 0 aliphatic carbocycles. The highest BCUT2D eigenvalue weighted by Gasteiger charge is 2.15. The predicted molar refractivity (Wildman–Crippen MR) is 75.6 cm³/mol. The first kappa shape index (κ1) is 13.6. The molecule has 2 aromatic rings. The van der Waals surface area contributed by atoms with E-state index in [0.29, 0.717) is 5.75 Å². The van der Waals surface area contributed by atoms with E-state index in [1.54, 1.807) is 24.3 Å². The van der Waals surface area contributed by atoms with Gasteiger partial charge in [-0.15, -0.1) is 0 Å². The van der Waals surface area contributed by atoms with Gasteiger partial charge in [0.1, 0.15) is 11.5 Å². The lowest BCUT2D eigenvalue weighted by atomic mass is 10.1. The van der Waals surface area contributed by atoms with E-state index in [2.05, 4.69) is 0 Å². The van der Waals surface area contributed by atoms with Crippen LogP contribution in [0.25, 0.3) is 0 Å². The van der Waals surface area contributed by atoms with E-state index in [0.717, 1.165) is 16.7 Å². The van der Waals surface area contributed by atoms with Gasteiger partial charge in [-0.1, -0.05) is 42.0 Å². The van der Waals surface area contributed by atoms with Crippen LogP contribution in [0.2, 0.25) is 0 Å². The molecule has 0 saturated carbocycles. The van der Waals surface area contributed by atoms with Crippen LogP contribution in [0, 0.1) is 13.8 Å². The van der Waals surface area contributed by atoms with Crippen molar-refractivity contribution in [2.45, 2.75) is 19.6 Å². The number of hydrogen-bond acceptors (Lipinski definition) is 3. The first-order valence-electron chi connectivity index (χ1n) is 6.00. The lowest BCUT2D eigenvalue weighted by Crippen LogP contribution is -2.12. The second-order valence-corrected chi connectivity index (χ2v) is 6.10. The van der Waals surface area contributed by atoms with E-state index in [4.69, 9.17) is 4.18 Å². The summed E-state index contributed by atoms with van der Waals surface area (Å²) in [5.41, 5.74) is 2.84. The van der Waals surface area contributed by atoms with Crippen molar-refractivity contribution in [2.24, 2.45) is 0 Å². The Kier molecular flexibility index (Phi) is 3.90. The second-order valence-electron chi connectivity index (χ2n) is 4.53. The van der Waals surface area contributed by atoms with Gasteiger partial charge in [-0.2, -0.15) is 8.42 Å². The molecule has 0 aliphatic heterocycles. The summed E-state index contributed by atoms with van der Waals surface area (Å²) in [6, 6.07) is 14.2. The first-order chi connectivity index (χ1) is 8.96. The molecule has 0 aromatic heterocycles. The molecule has 0 atom stereocenters. The van der Waals surface area contributed by atoms with Crippen molar-refractivity contribution in [3.05, 3.63) is 65.2 Å². The van der Waals surface area contributed by atoms with E-state index >= 15 is 0 Å². The Labute approximate surface area is 114 Å². The predicted octanol–water partition coefficient (Wildman–Crippen LogP) is 3.21. The Morgan fingerprint density at radius 2 is 1.68 bits per heavy atom. The summed E-state index contributed by atoms with van der Waals surface area (Å²) in [6.45, 7) is 3.88. The standard InChI is InChI=1S/C15H16O3S/c1-12-8-9-14(13(2)10-12)11-19(16,17)18-15-6-4-3-5-7-15/h3-10H,11H2,1-2H3. The highest BCUT2D eigenvalue weighted by atomic mass is 32.2. The molecule has 0 amide bonds. The van der Waals surface area contributed by atoms with Gasteiger partial charge in [0, 0.05) is 0 Å². The molecule has 0 unspecified atom stereocenters. The molecule has 0 spiro atoms. The molecule has 0 saturated heterocycles. The molecule has 2 rings (SSSR count). The van der Waals surface area contributed by atoms with Gasteiger partial charge >= 0.3 is 10.1 Å². The summed E-state index contributed by atoms with van der Waals surface area (Å²) >= 11 is 0. The third kappa shape index (κ3) is 3.83. The first-order valence-corrected chi connectivity index (χ1v) is 7.57. The third-order valence-corrected chi connectivity index (χ3v) is 3.91. The minimum absolute atomic E-state index is 0.117. The summed E-state index contributed by atoms with van der Waals surface area (Å²) in [5.74, 6) is 0.223. The second kappa shape index (κ2) is 5.45. The maximum Gasteiger partial charge on any atom is 0.313 e. The highest BCUT2D eigenvalue weighted by Crippen LogP contribution is 2.17. The Morgan fingerprint density at radius 3 is 2.32 bits per heavy atom. The summed E-state index contributed by atoms with van der Waals surface area (Å²) in [7, 11) is -3.62. The van der Waals surface area contributed by atoms with Gasteiger partial charge in [0.15, 0.2) is 0 Å². The van der Waals surface area contributed by atoms with Gasteiger partial charge in [0.25, 0.3) is 0 Å². The van der Waals surface area contributed by atoms with Crippen LogP contribution in [0.3, 0.4) is 0 Å². The summed E-state index contributed by atoms with van der Waals surface area (Å²) in [6.07, 6.45) is 0. The van der Waals surface area contributed by atoms with E-state index < -0.39 is 10.1 Å². The molecule has 3 nitrogen and oxygen atoms in total. The zero-order valence-electron chi connectivity index (χ0n) is 11.0. The van der Waals surface area contributed by atoms with Crippen LogP contribution < -0.4 is 4.18 Å². The fourth-order valence-electron chi connectivity index (χ4n) is 1.85. The molecule has 19 heavy (non-hydrogen) atoms. The van der Waals surface area contributed by atoms with Crippen molar-refractivity contribution < 1.29 is 12.6 Å². The third-order valence-electron chi connectivity index (χ3n) is 2.80. The lowest BCUT2D eigenvalue weighted by Gasteiger charge is -2.09. The Balaban J connectivity index is 2.17. The fourth-order valence-corrected chi connectivity index (χ4v) is 3.02. The topological polar surface area (TPSA) is 43.4 Å². The molecular formula is C15H16O3S. The van der Waals surface area contributed by atoms with Crippen molar-refractivity contribution in [1.29, 1.82) is 0 Å². The van der Waals surface area contributed by atoms with Gasteiger partial charge in [-0.3, -0.25) is 0 Å². The monoisotopic (exact) mass is 276 g/mol. The van der Waals surface area contributed by atoms with Crippen LogP contribution in [0.4, 0.5) is 0 Å². The zero-order valence-corrected chi connectivity index (χ0v) is 11.8. The van der Waals surface area contributed by atoms with Crippen molar-refractivity contribution >= 4 is 10.1 Å². The van der Waals surface area contributed by atoms with Crippen molar-refractivity contribution in [3.8, 4) is 5.75 Å². The van der Waals surface area contributed by atoms with Crippen molar-refractivity contribution in [3.63, 3.8) is 0 Å². The highest BCUT2D eigenvalue weighted by molar-refractivity contribution is 7.86. The average Bonchev–Trinajstić information content (AvgIpc) is 2.33. The van der Waals surface area contributed by atoms with Gasteiger partial charge < -0.3 is 4.18 Å². The number of rotatable bonds is 4. The van der Waals surface area contributed by atoms with Crippen LogP contribution in [0.5, 0.6) is 5.75 Å². The SMILES string of the molecule is Cc1ccc(CS(=O)(=O)Oc2ccccc2)c(C)c1. The Hall–Kier alpha value is -1.81. The van der Waals surface area contributed by atoms with E-state index in [-0.39, 0.29) is 5.75 Å². The molecule has 100 valence electrons. The maximum absolute atomic E-state index is 12.0. The number of benzene rings is 2. The molecule has 0 aliphatic rings. The van der Waals surface area contributed by atoms with Crippen molar-refractivity contribution in [1.82, 2.24) is 0 Å². The number of hydrogen-bond donors (Lipinski definition) is 0. The minimum Gasteiger partial charge on any atom is -0.382 e. The molecule has 0 heterocycles. The maximum atomic E-state index is 12.0. The van der Waals surface area contributed by atoms with E-state index in [1.807, 2.05) is 38.1 Å². The molecule has 0 fully saturated rings. The zero-order chi connectivity index (χ0) is 13.9. The minimum atomic E-state index is -3.62. The van der Waals surface area contributed by atoms with Crippen LogP contribution >= 0.6 is 0 Å². The van der Waals surface area contributed by atoms with Gasteiger partial charge in [-0.25, -0.2) is 0 Å². The molecular weight excluding hydrogens is 260 g/mol. The van der Waals surface area contributed by atoms with Crippen molar-refractivity contribution in [2.75, 3.05) is 0 Å². The Morgan fingerprint density at radius 1 is 1.00 bits per heavy atom. The fraction of sp³-hybridized carbons (Fsp3) is 0.200. The number of aryl methyl sites for hydroxylation is 2. The number of para-hydroxylation sites is 1. The molecule has 0 radical (unpaired) electrons. The summed E-state index contributed by atoms with van der Waals surface area (Å²) in [4.78, 5) is 0. The molecule has 2 aromatic carbocycles. The van der Waals surface area contributed by atoms with Gasteiger partial charge in [0.05, 0.1) is 0 Å². The van der Waals surface area contributed by atoms with Gasteiger partial charge in [-0.05, 0) is 37.1 Å². The van der Waals surface area contributed by atoms with Crippen LogP contribution in [-0.4, -0.2) is 8.42 Å². The average molecular weight is 276 g/mol. The lowest BCUT2D eigenvalue weighted by molar-refractivity contribution is 0.485. The molecule has 0 bridgehead atoms. The van der Waals surface area contributed by atoms with Crippen LogP contribution in [0.1, 0.15) is 16.7 Å². The molecule has 0 N–H and O–H groups in total. The van der Waals surface area contributed by atoms with Gasteiger partial charge in [0.2, 0.25) is 0 Å². The molecule has 4 heteroatoms.